The van der Waals surface area contributed by atoms with Crippen molar-refractivity contribution in [1.29, 1.82) is 0 Å². The molecule has 2 aromatic carbocycles. The maximum absolute atomic E-state index is 9.50. The highest BCUT2D eigenvalue weighted by Gasteiger charge is 2.16. The maximum atomic E-state index is 9.50. The number of nitrogens with two attached hydrogens (primary N) is 1. The number of hydrogen-bond acceptors (Lipinski definition) is 3. The van der Waals surface area contributed by atoms with Crippen LogP contribution >= 0.6 is 0 Å². The van der Waals surface area contributed by atoms with Gasteiger partial charge in [0.05, 0.1) is 0 Å². The third-order valence-corrected chi connectivity index (χ3v) is 3.64. The fourth-order valence-electron chi connectivity index (χ4n) is 2.68. The molecule has 0 aliphatic carbocycles. The van der Waals surface area contributed by atoms with E-state index in [2.05, 4.69) is 23.1 Å². The molecule has 19 heavy (non-hydrogen) atoms. The smallest absolute Gasteiger partial charge is 0.115 e. The van der Waals surface area contributed by atoms with Crippen LogP contribution in [0.3, 0.4) is 0 Å². The molecule has 0 amide bonds. The zero-order chi connectivity index (χ0) is 13.2. The van der Waals surface area contributed by atoms with Crippen LogP contribution in [0.4, 0.5) is 5.69 Å². The Morgan fingerprint density at radius 3 is 2.84 bits per heavy atom. The minimum Gasteiger partial charge on any atom is -0.508 e. The molecule has 3 heteroatoms. The van der Waals surface area contributed by atoms with Gasteiger partial charge in [-0.2, -0.15) is 0 Å². The molecule has 0 spiro atoms. The molecule has 0 bridgehead atoms. The third-order valence-electron chi connectivity index (χ3n) is 3.64. The van der Waals surface area contributed by atoms with Crippen molar-refractivity contribution in [2.45, 2.75) is 19.5 Å². The van der Waals surface area contributed by atoms with Crippen molar-refractivity contribution < 1.29 is 5.11 Å². The second kappa shape index (κ2) is 4.94. The Morgan fingerprint density at radius 1 is 1.11 bits per heavy atom. The van der Waals surface area contributed by atoms with Crippen molar-refractivity contribution in [2.75, 3.05) is 12.3 Å². The number of nitrogens with zero attached hydrogens (tertiary/aromatic N) is 1. The van der Waals surface area contributed by atoms with Crippen molar-refractivity contribution >= 4 is 5.69 Å². The number of anilines is 1. The lowest BCUT2D eigenvalue weighted by atomic mass is 9.98. The zero-order valence-corrected chi connectivity index (χ0v) is 10.8. The summed E-state index contributed by atoms with van der Waals surface area (Å²) in [5.74, 6) is 0.333. The van der Waals surface area contributed by atoms with Crippen LogP contribution in [-0.4, -0.2) is 16.6 Å². The standard InChI is InChI=1S/C16H18N2O/c17-15-5-4-13-6-7-18(11-14(13)9-15)10-12-2-1-3-16(19)8-12/h1-5,8-9,19H,6-7,10-11,17H2. The van der Waals surface area contributed by atoms with E-state index in [4.69, 9.17) is 5.73 Å². The fraction of sp³-hybridized carbons (Fsp3) is 0.250. The molecule has 0 radical (unpaired) electrons. The molecule has 0 atom stereocenters. The molecule has 3 N–H and O–H groups in total. The highest BCUT2D eigenvalue weighted by Crippen LogP contribution is 2.23. The van der Waals surface area contributed by atoms with Gasteiger partial charge >= 0.3 is 0 Å². The molecule has 3 nitrogen and oxygen atoms in total. The Labute approximate surface area is 113 Å². The van der Waals surface area contributed by atoms with Crippen LogP contribution in [0.5, 0.6) is 5.75 Å². The molecule has 0 saturated heterocycles. The third kappa shape index (κ3) is 2.71. The first-order valence-electron chi connectivity index (χ1n) is 6.58. The van der Waals surface area contributed by atoms with Gasteiger partial charge in [-0.15, -0.1) is 0 Å². The van der Waals surface area contributed by atoms with Crippen LogP contribution < -0.4 is 5.73 Å². The van der Waals surface area contributed by atoms with Gasteiger partial charge in [0.15, 0.2) is 0 Å². The van der Waals surface area contributed by atoms with Gasteiger partial charge in [-0.1, -0.05) is 18.2 Å². The summed E-state index contributed by atoms with van der Waals surface area (Å²) in [5, 5.41) is 9.50. The summed E-state index contributed by atoms with van der Waals surface area (Å²) in [4.78, 5) is 2.39. The summed E-state index contributed by atoms with van der Waals surface area (Å²) in [6.07, 6.45) is 1.06. The highest BCUT2D eigenvalue weighted by molar-refractivity contribution is 5.45. The normalized spacial score (nSPS) is 15.2. The van der Waals surface area contributed by atoms with Crippen LogP contribution in [0.1, 0.15) is 16.7 Å². The number of fused-ring (bicyclic) bond motifs is 1. The van der Waals surface area contributed by atoms with E-state index in [1.807, 2.05) is 18.2 Å². The first-order valence-corrected chi connectivity index (χ1v) is 6.58. The van der Waals surface area contributed by atoms with Crippen LogP contribution in [-0.2, 0) is 19.5 Å². The van der Waals surface area contributed by atoms with Gasteiger partial charge in [0, 0.05) is 25.3 Å². The summed E-state index contributed by atoms with van der Waals surface area (Å²) < 4.78 is 0. The monoisotopic (exact) mass is 254 g/mol. The minimum absolute atomic E-state index is 0.333. The first-order chi connectivity index (χ1) is 9.20. The quantitative estimate of drug-likeness (QED) is 0.810. The van der Waals surface area contributed by atoms with Gasteiger partial charge in [-0.05, 0) is 47.4 Å². The molecule has 3 rings (SSSR count). The van der Waals surface area contributed by atoms with E-state index in [1.165, 1.54) is 11.1 Å². The molecular formula is C16H18N2O. The molecule has 2 aromatic rings. The lowest BCUT2D eigenvalue weighted by Crippen LogP contribution is -2.30. The number of phenolic OH excluding ortho intramolecular Hbond substituents is 1. The van der Waals surface area contributed by atoms with Gasteiger partial charge < -0.3 is 10.8 Å². The van der Waals surface area contributed by atoms with Crippen LogP contribution in [0.2, 0.25) is 0 Å². The van der Waals surface area contributed by atoms with Crippen LogP contribution in [0.15, 0.2) is 42.5 Å². The van der Waals surface area contributed by atoms with Crippen LogP contribution in [0.25, 0.3) is 0 Å². The maximum Gasteiger partial charge on any atom is 0.115 e. The van der Waals surface area contributed by atoms with Gasteiger partial charge in [0.25, 0.3) is 0 Å². The lowest BCUT2D eigenvalue weighted by molar-refractivity contribution is 0.245. The van der Waals surface area contributed by atoms with Crippen LogP contribution in [0, 0.1) is 0 Å². The summed E-state index contributed by atoms with van der Waals surface area (Å²) >= 11 is 0. The number of hydrogen-bond donors (Lipinski definition) is 2. The number of phenols is 1. The molecular weight excluding hydrogens is 236 g/mol. The Balaban J connectivity index is 1.75. The molecule has 1 heterocycles. The molecule has 0 aromatic heterocycles. The number of rotatable bonds is 2. The summed E-state index contributed by atoms with van der Waals surface area (Å²) in [6.45, 7) is 2.84. The van der Waals surface area contributed by atoms with Crippen molar-refractivity contribution in [2.24, 2.45) is 0 Å². The number of benzene rings is 2. The molecule has 98 valence electrons. The van der Waals surface area contributed by atoms with Gasteiger partial charge in [0.2, 0.25) is 0 Å². The average molecular weight is 254 g/mol. The summed E-state index contributed by atoms with van der Waals surface area (Å²) in [7, 11) is 0. The minimum atomic E-state index is 0.333. The van der Waals surface area contributed by atoms with E-state index in [-0.39, 0.29) is 0 Å². The van der Waals surface area contributed by atoms with Crippen molar-refractivity contribution in [3.05, 3.63) is 59.2 Å². The summed E-state index contributed by atoms with van der Waals surface area (Å²) in [6, 6.07) is 13.7. The molecule has 0 saturated carbocycles. The van der Waals surface area contributed by atoms with E-state index >= 15 is 0 Å². The summed E-state index contributed by atoms with van der Waals surface area (Å²) in [5.41, 5.74) is 10.6. The SMILES string of the molecule is Nc1ccc2c(c1)CN(Cc1cccc(O)c1)CC2. The second-order valence-electron chi connectivity index (χ2n) is 5.16. The molecule has 0 unspecified atom stereocenters. The Kier molecular flexibility index (Phi) is 3.13. The van der Waals surface area contributed by atoms with E-state index in [0.717, 1.165) is 37.3 Å². The number of nitrogen functional groups attached to an aromatic ring is 1. The van der Waals surface area contributed by atoms with Gasteiger partial charge in [-0.3, -0.25) is 4.90 Å². The van der Waals surface area contributed by atoms with E-state index in [1.54, 1.807) is 6.07 Å². The van der Waals surface area contributed by atoms with E-state index in [9.17, 15) is 5.11 Å². The lowest BCUT2D eigenvalue weighted by Gasteiger charge is -2.29. The average Bonchev–Trinajstić information content (AvgIpc) is 2.38. The second-order valence-corrected chi connectivity index (χ2v) is 5.16. The topological polar surface area (TPSA) is 49.5 Å². The van der Waals surface area contributed by atoms with E-state index < -0.39 is 0 Å². The fourth-order valence-corrected chi connectivity index (χ4v) is 2.68. The Bertz CT molecular complexity index is 595. The van der Waals surface area contributed by atoms with Gasteiger partial charge in [-0.25, -0.2) is 0 Å². The Morgan fingerprint density at radius 2 is 2.00 bits per heavy atom. The zero-order valence-electron chi connectivity index (χ0n) is 10.8. The van der Waals surface area contributed by atoms with Crippen molar-refractivity contribution in [3.63, 3.8) is 0 Å². The molecule has 1 aliphatic rings. The highest BCUT2D eigenvalue weighted by atomic mass is 16.3. The number of aromatic hydroxyl groups is 1. The molecule has 0 fully saturated rings. The van der Waals surface area contributed by atoms with Crippen molar-refractivity contribution in [1.82, 2.24) is 4.90 Å². The van der Waals surface area contributed by atoms with Gasteiger partial charge in [0.1, 0.15) is 5.75 Å². The first kappa shape index (κ1) is 12.1. The predicted octanol–water partition coefficient (Wildman–Crippen LogP) is 2.53. The van der Waals surface area contributed by atoms with E-state index in [0.29, 0.717) is 5.75 Å². The Hall–Kier alpha value is -2.00. The predicted molar refractivity (Wildman–Crippen MR) is 76.8 cm³/mol. The van der Waals surface area contributed by atoms with Crippen molar-refractivity contribution in [3.8, 4) is 5.75 Å². The largest absolute Gasteiger partial charge is 0.508 e. The molecule has 1 aliphatic heterocycles.